The molecule has 2 aromatic rings. The molecule has 0 aliphatic carbocycles. The Hall–Kier alpha value is -1.80. The third-order valence-electron chi connectivity index (χ3n) is 2.63. The molecule has 2 aromatic carbocycles. The van der Waals surface area contributed by atoms with Crippen LogP contribution in [-0.2, 0) is 0 Å². The summed E-state index contributed by atoms with van der Waals surface area (Å²) in [6, 6.07) is 17.8. The maximum atomic E-state index is 6.17. The summed E-state index contributed by atoms with van der Waals surface area (Å²) in [4.78, 5) is 0. The number of hydrogen-bond acceptors (Lipinski definition) is 2. The molecule has 0 aromatic heterocycles. The van der Waals surface area contributed by atoms with Gasteiger partial charge < -0.3 is 10.5 Å². The molecule has 82 valence electrons. The first kappa shape index (κ1) is 10.7. The highest BCUT2D eigenvalue weighted by Crippen LogP contribution is 2.21. The summed E-state index contributed by atoms with van der Waals surface area (Å²) < 4.78 is 5.11. The minimum Gasteiger partial charge on any atom is -0.497 e. The van der Waals surface area contributed by atoms with Crippen molar-refractivity contribution in [2.45, 2.75) is 6.04 Å². The third-order valence-corrected chi connectivity index (χ3v) is 2.63. The van der Waals surface area contributed by atoms with Crippen LogP contribution in [0, 0.1) is 0 Å². The van der Waals surface area contributed by atoms with E-state index in [2.05, 4.69) is 0 Å². The van der Waals surface area contributed by atoms with Crippen molar-refractivity contribution in [1.29, 1.82) is 0 Å². The average Bonchev–Trinajstić information content (AvgIpc) is 2.39. The van der Waals surface area contributed by atoms with Crippen LogP contribution in [0.2, 0.25) is 0 Å². The zero-order chi connectivity index (χ0) is 11.4. The maximum Gasteiger partial charge on any atom is 0.118 e. The van der Waals surface area contributed by atoms with Gasteiger partial charge in [-0.2, -0.15) is 0 Å². The van der Waals surface area contributed by atoms with Crippen LogP contribution in [0.25, 0.3) is 0 Å². The lowest BCUT2D eigenvalue weighted by Crippen LogP contribution is -2.11. The van der Waals surface area contributed by atoms with Gasteiger partial charge in [0.25, 0.3) is 0 Å². The second-order valence-corrected chi connectivity index (χ2v) is 3.66. The van der Waals surface area contributed by atoms with Crippen LogP contribution in [0.1, 0.15) is 17.2 Å². The molecule has 2 N–H and O–H groups in total. The van der Waals surface area contributed by atoms with Crippen LogP contribution < -0.4 is 10.5 Å². The van der Waals surface area contributed by atoms with Crippen molar-refractivity contribution < 1.29 is 4.74 Å². The first-order valence-corrected chi connectivity index (χ1v) is 5.26. The largest absolute Gasteiger partial charge is 0.497 e. The van der Waals surface area contributed by atoms with Gasteiger partial charge >= 0.3 is 0 Å². The van der Waals surface area contributed by atoms with Gasteiger partial charge in [0.1, 0.15) is 5.75 Å². The molecule has 1 atom stereocenters. The predicted molar refractivity (Wildman–Crippen MR) is 65.5 cm³/mol. The molecule has 0 fully saturated rings. The molecular weight excluding hydrogens is 198 g/mol. The van der Waals surface area contributed by atoms with Crippen molar-refractivity contribution in [1.82, 2.24) is 0 Å². The first-order chi connectivity index (χ1) is 7.81. The Kier molecular flexibility index (Phi) is 3.22. The zero-order valence-corrected chi connectivity index (χ0v) is 9.26. The Bertz CT molecular complexity index is 436. The molecule has 0 aliphatic heterocycles. The fourth-order valence-corrected chi connectivity index (χ4v) is 1.66. The molecule has 0 bridgehead atoms. The van der Waals surface area contributed by atoms with Crippen molar-refractivity contribution in [3.63, 3.8) is 0 Å². The molecule has 0 aliphatic rings. The SMILES string of the molecule is COc1ccc(C(N)c2ccccc2)cc1. The molecule has 2 nitrogen and oxygen atoms in total. The van der Waals surface area contributed by atoms with Crippen LogP contribution in [0.15, 0.2) is 54.6 Å². The van der Waals surface area contributed by atoms with E-state index in [0.717, 1.165) is 16.9 Å². The quantitative estimate of drug-likeness (QED) is 0.850. The number of ether oxygens (including phenoxy) is 1. The third kappa shape index (κ3) is 2.23. The number of nitrogens with two attached hydrogens (primary N) is 1. The minimum atomic E-state index is -0.0768. The summed E-state index contributed by atoms with van der Waals surface area (Å²) in [6.45, 7) is 0. The zero-order valence-electron chi connectivity index (χ0n) is 9.26. The summed E-state index contributed by atoms with van der Waals surface area (Å²) in [5.74, 6) is 0.851. The summed E-state index contributed by atoms with van der Waals surface area (Å²) >= 11 is 0. The lowest BCUT2D eigenvalue weighted by atomic mass is 10.00. The normalized spacial score (nSPS) is 12.1. The van der Waals surface area contributed by atoms with Gasteiger partial charge in [0.2, 0.25) is 0 Å². The molecule has 0 saturated carbocycles. The highest BCUT2D eigenvalue weighted by molar-refractivity contribution is 5.34. The van der Waals surface area contributed by atoms with Crippen molar-refractivity contribution >= 4 is 0 Å². The van der Waals surface area contributed by atoms with Crippen LogP contribution >= 0.6 is 0 Å². The monoisotopic (exact) mass is 213 g/mol. The van der Waals surface area contributed by atoms with E-state index >= 15 is 0 Å². The fraction of sp³-hybridized carbons (Fsp3) is 0.143. The first-order valence-electron chi connectivity index (χ1n) is 5.26. The Morgan fingerprint density at radius 3 is 2.00 bits per heavy atom. The van der Waals surface area contributed by atoms with E-state index in [0.29, 0.717) is 0 Å². The lowest BCUT2D eigenvalue weighted by molar-refractivity contribution is 0.414. The second kappa shape index (κ2) is 4.81. The van der Waals surface area contributed by atoms with Gasteiger partial charge in [0, 0.05) is 0 Å². The smallest absolute Gasteiger partial charge is 0.118 e. The Balaban J connectivity index is 2.24. The van der Waals surface area contributed by atoms with Crippen LogP contribution in [0.5, 0.6) is 5.75 Å². The Labute approximate surface area is 95.7 Å². The van der Waals surface area contributed by atoms with Crippen molar-refractivity contribution in [3.8, 4) is 5.75 Å². The van der Waals surface area contributed by atoms with E-state index in [1.54, 1.807) is 7.11 Å². The summed E-state index contributed by atoms with van der Waals surface area (Å²) in [7, 11) is 1.66. The lowest BCUT2D eigenvalue weighted by Gasteiger charge is -2.12. The van der Waals surface area contributed by atoms with E-state index in [4.69, 9.17) is 10.5 Å². The molecule has 16 heavy (non-hydrogen) atoms. The van der Waals surface area contributed by atoms with Crippen molar-refractivity contribution in [2.24, 2.45) is 5.73 Å². The molecule has 1 unspecified atom stereocenters. The number of benzene rings is 2. The Morgan fingerprint density at radius 2 is 1.44 bits per heavy atom. The second-order valence-electron chi connectivity index (χ2n) is 3.66. The van der Waals surface area contributed by atoms with E-state index in [1.165, 1.54) is 0 Å². The van der Waals surface area contributed by atoms with E-state index < -0.39 is 0 Å². The van der Waals surface area contributed by atoms with Crippen molar-refractivity contribution in [2.75, 3.05) is 7.11 Å². The van der Waals surface area contributed by atoms with Gasteiger partial charge in [0.05, 0.1) is 13.2 Å². The van der Waals surface area contributed by atoms with Gasteiger partial charge in [-0.1, -0.05) is 42.5 Å². The molecule has 2 heteroatoms. The predicted octanol–water partition coefficient (Wildman–Crippen LogP) is 2.74. The van der Waals surface area contributed by atoms with Crippen LogP contribution in [0.4, 0.5) is 0 Å². The molecular formula is C14H15NO. The minimum absolute atomic E-state index is 0.0768. The Morgan fingerprint density at radius 1 is 0.875 bits per heavy atom. The standard InChI is InChI=1S/C14H15NO/c1-16-13-9-7-12(8-10-13)14(15)11-5-3-2-4-6-11/h2-10,14H,15H2,1H3. The van der Waals surface area contributed by atoms with Crippen LogP contribution in [-0.4, -0.2) is 7.11 Å². The summed E-state index contributed by atoms with van der Waals surface area (Å²) in [6.07, 6.45) is 0. The van der Waals surface area contributed by atoms with Gasteiger partial charge in [-0.25, -0.2) is 0 Å². The average molecular weight is 213 g/mol. The highest BCUT2D eigenvalue weighted by Gasteiger charge is 2.07. The van der Waals surface area contributed by atoms with Gasteiger partial charge in [-0.05, 0) is 23.3 Å². The molecule has 0 heterocycles. The number of rotatable bonds is 3. The molecule has 0 amide bonds. The molecule has 0 spiro atoms. The summed E-state index contributed by atoms with van der Waals surface area (Å²) in [5.41, 5.74) is 8.38. The number of hydrogen-bond donors (Lipinski definition) is 1. The topological polar surface area (TPSA) is 35.2 Å². The molecule has 0 radical (unpaired) electrons. The van der Waals surface area contributed by atoms with Crippen LogP contribution in [0.3, 0.4) is 0 Å². The van der Waals surface area contributed by atoms with E-state index in [1.807, 2.05) is 54.6 Å². The summed E-state index contributed by atoms with van der Waals surface area (Å²) in [5, 5.41) is 0. The van der Waals surface area contributed by atoms with Gasteiger partial charge in [-0.3, -0.25) is 0 Å². The fourth-order valence-electron chi connectivity index (χ4n) is 1.66. The molecule has 0 saturated heterocycles. The van der Waals surface area contributed by atoms with E-state index in [9.17, 15) is 0 Å². The highest BCUT2D eigenvalue weighted by atomic mass is 16.5. The number of methoxy groups -OCH3 is 1. The molecule has 2 rings (SSSR count). The van der Waals surface area contributed by atoms with E-state index in [-0.39, 0.29) is 6.04 Å². The maximum absolute atomic E-state index is 6.17. The van der Waals surface area contributed by atoms with Crippen molar-refractivity contribution in [3.05, 3.63) is 65.7 Å². The van der Waals surface area contributed by atoms with Gasteiger partial charge in [-0.15, -0.1) is 0 Å². The van der Waals surface area contributed by atoms with Gasteiger partial charge in [0.15, 0.2) is 0 Å².